The number of terminal acetylenes is 1. The van der Waals surface area contributed by atoms with Crippen molar-refractivity contribution in [1.29, 1.82) is 0 Å². The molecular formula is C16H18N2O3. The zero-order valence-electron chi connectivity index (χ0n) is 11.9. The number of nitrogens with one attached hydrogen (secondary N) is 1. The first-order valence-electron chi connectivity index (χ1n) is 6.88. The predicted octanol–water partition coefficient (Wildman–Crippen LogP) is 1.28. The molecule has 1 atom stereocenters. The molecule has 1 aromatic rings. The van der Waals surface area contributed by atoms with Gasteiger partial charge in [-0.1, -0.05) is 5.92 Å². The number of hydrogen-bond donors (Lipinski definition) is 2. The molecule has 1 heterocycles. The molecule has 0 aliphatic carbocycles. The van der Waals surface area contributed by atoms with Crippen molar-refractivity contribution in [2.45, 2.75) is 25.8 Å². The fraction of sp³-hybridized carbons (Fsp3) is 0.375. The minimum atomic E-state index is -0.935. The molecule has 21 heavy (non-hydrogen) atoms. The summed E-state index contributed by atoms with van der Waals surface area (Å²) in [6.07, 6.45) is 6.86. The Bertz CT molecular complexity index is 604. The lowest BCUT2D eigenvalue weighted by Crippen LogP contribution is -2.47. The maximum absolute atomic E-state index is 12.0. The zero-order chi connectivity index (χ0) is 15.4. The molecule has 5 nitrogen and oxygen atoms in total. The third kappa shape index (κ3) is 3.16. The minimum absolute atomic E-state index is 0.122. The lowest BCUT2D eigenvalue weighted by Gasteiger charge is -2.35. The van der Waals surface area contributed by atoms with Gasteiger partial charge >= 0.3 is 5.97 Å². The van der Waals surface area contributed by atoms with Crippen molar-refractivity contribution >= 4 is 17.6 Å². The number of anilines is 1. The number of nitrogens with zero attached hydrogens (tertiary/aromatic N) is 1. The van der Waals surface area contributed by atoms with E-state index in [1.165, 1.54) is 0 Å². The fourth-order valence-corrected chi connectivity index (χ4v) is 2.59. The standard InChI is InChI=1S/C16H18N2O3/c1-3-8-17-15(19)11(2)18-9-4-5-12-10-13(16(20)21)6-7-14(12)18/h1,6-7,10-11H,4-5,8-9H2,2H3,(H,17,19)(H,20,21). The van der Waals surface area contributed by atoms with Crippen LogP contribution in [0.3, 0.4) is 0 Å². The first-order chi connectivity index (χ1) is 10.0. The number of benzene rings is 1. The number of carbonyl (C=O) groups excluding carboxylic acids is 1. The van der Waals surface area contributed by atoms with Gasteiger partial charge in [0.25, 0.3) is 0 Å². The van der Waals surface area contributed by atoms with Gasteiger partial charge in [-0.15, -0.1) is 6.42 Å². The van der Waals surface area contributed by atoms with Crippen LogP contribution in [0.15, 0.2) is 18.2 Å². The van der Waals surface area contributed by atoms with Crippen LogP contribution < -0.4 is 10.2 Å². The molecular weight excluding hydrogens is 268 g/mol. The molecule has 0 bridgehead atoms. The second-order valence-electron chi connectivity index (χ2n) is 5.04. The third-order valence-corrected chi connectivity index (χ3v) is 3.69. The number of carbonyl (C=O) groups is 2. The summed E-state index contributed by atoms with van der Waals surface area (Å²) < 4.78 is 0. The number of fused-ring (bicyclic) bond motifs is 1. The summed E-state index contributed by atoms with van der Waals surface area (Å²) in [4.78, 5) is 25.1. The molecule has 0 saturated carbocycles. The largest absolute Gasteiger partial charge is 0.478 e. The summed E-state index contributed by atoms with van der Waals surface area (Å²) in [5.41, 5.74) is 2.17. The quantitative estimate of drug-likeness (QED) is 0.818. The van der Waals surface area contributed by atoms with Crippen LogP contribution in [-0.4, -0.2) is 36.1 Å². The fourth-order valence-electron chi connectivity index (χ4n) is 2.59. The highest BCUT2D eigenvalue weighted by molar-refractivity contribution is 5.89. The molecule has 0 spiro atoms. The molecule has 110 valence electrons. The number of hydrogen-bond acceptors (Lipinski definition) is 3. The number of carboxylic acid groups (broad SMARTS) is 1. The number of aromatic carboxylic acids is 1. The van der Waals surface area contributed by atoms with E-state index in [1.807, 2.05) is 11.8 Å². The van der Waals surface area contributed by atoms with Crippen molar-refractivity contribution < 1.29 is 14.7 Å². The summed E-state index contributed by atoms with van der Waals surface area (Å²) in [7, 11) is 0. The average Bonchev–Trinajstić information content (AvgIpc) is 2.50. The Morgan fingerprint density at radius 3 is 2.95 bits per heavy atom. The van der Waals surface area contributed by atoms with Crippen molar-refractivity contribution in [3.63, 3.8) is 0 Å². The Morgan fingerprint density at radius 1 is 1.52 bits per heavy atom. The molecule has 1 aromatic carbocycles. The number of amides is 1. The minimum Gasteiger partial charge on any atom is -0.478 e. The first-order valence-corrected chi connectivity index (χ1v) is 6.88. The monoisotopic (exact) mass is 286 g/mol. The van der Waals surface area contributed by atoms with Crippen molar-refractivity contribution in [3.8, 4) is 12.3 Å². The number of carboxylic acids is 1. The van der Waals surface area contributed by atoms with E-state index in [1.54, 1.807) is 18.2 Å². The average molecular weight is 286 g/mol. The Hall–Kier alpha value is -2.48. The summed E-state index contributed by atoms with van der Waals surface area (Å²) in [6, 6.07) is 4.71. The lowest BCUT2D eigenvalue weighted by molar-refractivity contribution is -0.121. The molecule has 0 aromatic heterocycles. The van der Waals surface area contributed by atoms with E-state index in [9.17, 15) is 9.59 Å². The van der Waals surface area contributed by atoms with Crippen LogP contribution >= 0.6 is 0 Å². The molecule has 0 fully saturated rings. The Kier molecular flexibility index (Phi) is 4.49. The van der Waals surface area contributed by atoms with E-state index in [0.29, 0.717) is 0 Å². The maximum atomic E-state index is 12.0. The van der Waals surface area contributed by atoms with Gasteiger partial charge in [0.15, 0.2) is 0 Å². The SMILES string of the molecule is C#CCNC(=O)C(C)N1CCCc2cc(C(=O)O)ccc21. The molecule has 5 heteroatoms. The second kappa shape index (κ2) is 6.31. The number of rotatable bonds is 4. The molecule has 1 aliphatic heterocycles. The van der Waals surface area contributed by atoms with Gasteiger partial charge in [-0.05, 0) is 43.5 Å². The lowest BCUT2D eigenvalue weighted by atomic mass is 9.97. The number of aryl methyl sites for hydroxylation is 1. The van der Waals surface area contributed by atoms with Crippen molar-refractivity contribution in [2.75, 3.05) is 18.0 Å². The van der Waals surface area contributed by atoms with E-state index >= 15 is 0 Å². The van der Waals surface area contributed by atoms with Gasteiger partial charge in [-0.25, -0.2) is 4.79 Å². The van der Waals surface area contributed by atoms with E-state index in [2.05, 4.69) is 11.2 Å². The van der Waals surface area contributed by atoms with Crippen LogP contribution in [-0.2, 0) is 11.2 Å². The highest BCUT2D eigenvalue weighted by atomic mass is 16.4. The Labute approximate surface area is 124 Å². The van der Waals surface area contributed by atoms with Crippen LogP contribution in [0.25, 0.3) is 0 Å². The van der Waals surface area contributed by atoms with Crippen LogP contribution in [0.4, 0.5) is 5.69 Å². The molecule has 2 N–H and O–H groups in total. The van der Waals surface area contributed by atoms with Gasteiger partial charge in [-0.3, -0.25) is 4.79 Å². The van der Waals surface area contributed by atoms with Crippen LogP contribution in [0, 0.1) is 12.3 Å². The smallest absolute Gasteiger partial charge is 0.335 e. The molecule has 0 saturated heterocycles. The zero-order valence-corrected chi connectivity index (χ0v) is 11.9. The van der Waals surface area contributed by atoms with E-state index in [4.69, 9.17) is 11.5 Å². The first kappa shape index (κ1) is 14.9. The summed E-state index contributed by atoms with van der Waals surface area (Å²) >= 11 is 0. The van der Waals surface area contributed by atoms with Gasteiger partial charge in [0.2, 0.25) is 5.91 Å². The van der Waals surface area contributed by atoms with E-state index in [-0.39, 0.29) is 24.1 Å². The van der Waals surface area contributed by atoms with Gasteiger partial charge in [0.1, 0.15) is 6.04 Å². The van der Waals surface area contributed by atoms with Crippen molar-refractivity contribution in [3.05, 3.63) is 29.3 Å². The summed E-state index contributed by atoms with van der Waals surface area (Å²) in [5, 5.41) is 11.7. The van der Waals surface area contributed by atoms with E-state index in [0.717, 1.165) is 30.6 Å². The van der Waals surface area contributed by atoms with Crippen molar-refractivity contribution in [2.24, 2.45) is 0 Å². The van der Waals surface area contributed by atoms with Gasteiger partial charge in [-0.2, -0.15) is 0 Å². The molecule has 2 rings (SSSR count). The highest BCUT2D eigenvalue weighted by Gasteiger charge is 2.26. The maximum Gasteiger partial charge on any atom is 0.335 e. The third-order valence-electron chi connectivity index (χ3n) is 3.69. The van der Waals surface area contributed by atoms with Crippen LogP contribution in [0.5, 0.6) is 0 Å². The normalized spacial score (nSPS) is 14.8. The van der Waals surface area contributed by atoms with Crippen LogP contribution in [0.2, 0.25) is 0 Å². The summed E-state index contributed by atoms with van der Waals surface area (Å²) in [5.74, 6) is 1.32. The molecule has 1 amide bonds. The van der Waals surface area contributed by atoms with Gasteiger partial charge in [0, 0.05) is 12.2 Å². The Balaban J connectivity index is 2.24. The highest BCUT2D eigenvalue weighted by Crippen LogP contribution is 2.29. The van der Waals surface area contributed by atoms with Crippen LogP contribution in [0.1, 0.15) is 29.3 Å². The van der Waals surface area contributed by atoms with Crippen molar-refractivity contribution in [1.82, 2.24) is 5.32 Å². The van der Waals surface area contributed by atoms with Gasteiger partial charge in [0.05, 0.1) is 12.1 Å². The predicted molar refractivity (Wildman–Crippen MR) is 80.4 cm³/mol. The second-order valence-corrected chi connectivity index (χ2v) is 5.04. The molecule has 0 radical (unpaired) electrons. The Morgan fingerprint density at radius 2 is 2.29 bits per heavy atom. The molecule has 1 aliphatic rings. The molecule has 1 unspecified atom stereocenters. The van der Waals surface area contributed by atoms with Gasteiger partial charge < -0.3 is 15.3 Å². The summed E-state index contributed by atoms with van der Waals surface area (Å²) in [6.45, 7) is 2.80. The topological polar surface area (TPSA) is 69.6 Å². The van der Waals surface area contributed by atoms with E-state index < -0.39 is 5.97 Å².